The maximum Gasteiger partial charge on any atom is -0.0100 e. The molecule has 1 aromatic rings. The molecule has 0 radical (unpaired) electrons. The van der Waals surface area contributed by atoms with E-state index in [0.29, 0.717) is 0 Å². The lowest BCUT2D eigenvalue weighted by atomic mass is 9.95. The van der Waals surface area contributed by atoms with E-state index in [-0.39, 0.29) is 0 Å². The number of allylic oxidation sites excluding steroid dienone is 4. The summed E-state index contributed by atoms with van der Waals surface area (Å²) >= 11 is 0. The van der Waals surface area contributed by atoms with Crippen molar-refractivity contribution in [3.8, 4) is 0 Å². The highest BCUT2D eigenvalue weighted by atomic mass is 14.1. The van der Waals surface area contributed by atoms with E-state index >= 15 is 0 Å². The highest BCUT2D eigenvalue weighted by molar-refractivity contribution is 5.80. The third-order valence-electron chi connectivity index (χ3n) is 2.98. The second kappa shape index (κ2) is 4.38. The summed E-state index contributed by atoms with van der Waals surface area (Å²) in [6.07, 6.45) is 7.05. The van der Waals surface area contributed by atoms with E-state index in [1.165, 1.54) is 27.8 Å². The van der Waals surface area contributed by atoms with Gasteiger partial charge in [-0.25, -0.2) is 0 Å². The van der Waals surface area contributed by atoms with Crippen LogP contribution >= 0.6 is 0 Å². The van der Waals surface area contributed by atoms with E-state index in [1.54, 1.807) is 0 Å². The summed E-state index contributed by atoms with van der Waals surface area (Å²) < 4.78 is 0. The van der Waals surface area contributed by atoms with Crippen LogP contribution in [0.2, 0.25) is 0 Å². The molecule has 80 valence electrons. The van der Waals surface area contributed by atoms with Crippen LogP contribution in [-0.2, 0) is 0 Å². The molecule has 0 unspecified atom stereocenters. The molecule has 0 bridgehead atoms. The quantitative estimate of drug-likeness (QED) is 0.640. The SMILES string of the molecule is C=C(CC)c1cc(C2=CC=C=C2)ccc1C. The first-order valence-electron chi connectivity index (χ1n) is 5.64. The van der Waals surface area contributed by atoms with E-state index in [1.807, 2.05) is 12.2 Å². The Balaban J connectivity index is 2.43. The van der Waals surface area contributed by atoms with Crippen LogP contribution in [-0.4, -0.2) is 0 Å². The Bertz CT molecular complexity index is 521. The van der Waals surface area contributed by atoms with Gasteiger partial charge in [0.05, 0.1) is 0 Å². The predicted molar refractivity (Wildman–Crippen MR) is 71.1 cm³/mol. The highest BCUT2D eigenvalue weighted by Crippen LogP contribution is 2.26. The molecule has 16 heavy (non-hydrogen) atoms. The van der Waals surface area contributed by atoms with Crippen LogP contribution in [0.25, 0.3) is 11.1 Å². The van der Waals surface area contributed by atoms with Crippen molar-refractivity contribution in [1.82, 2.24) is 0 Å². The van der Waals surface area contributed by atoms with Crippen molar-refractivity contribution < 1.29 is 0 Å². The van der Waals surface area contributed by atoms with Gasteiger partial charge >= 0.3 is 0 Å². The normalized spacial score (nSPS) is 13.0. The zero-order valence-corrected chi connectivity index (χ0v) is 9.88. The fourth-order valence-corrected chi connectivity index (χ4v) is 1.88. The minimum absolute atomic E-state index is 0.997. The Morgan fingerprint density at radius 1 is 1.38 bits per heavy atom. The Morgan fingerprint density at radius 3 is 2.81 bits per heavy atom. The molecule has 0 aliphatic heterocycles. The lowest BCUT2D eigenvalue weighted by molar-refractivity contribution is 1.23. The molecule has 1 aliphatic rings. The molecule has 0 amide bonds. The van der Waals surface area contributed by atoms with Gasteiger partial charge in [0.2, 0.25) is 0 Å². The van der Waals surface area contributed by atoms with Gasteiger partial charge in [-0.2, -0.15) is 0 Å². The van der Waals surface area contributed by atoms with Gasteiger partial charge < -0.3 is 0 Å². The molecule has 0 spiro atoms. The smallest absolute Gasteiger partial charge is 0.0100 e. The van der Waals surface area contributed by atoms with E-state index < -0.39 is 0 Å². The van der Waals surface area contributed by atoms with Gasteiger partial charge in [-0.3, -0.25) is 0 Å². The number of hydrogen-bond acceptors (Lipinski definition) is 0. The molecule has 0 fully saturated rings. The zero-order valence-electron chi connectivity index (χ0n) is 9.88. The topological polar surface area (TPSA) is 0 Å². The van der Waals surface area contributed by atoms with Crippen molar-refractivity contribution in [2.45, 2.75) is 20.3 Å². The van der Waals surface area contributed by atoms with Crippen LogP contribution in [0, 0.1) is 6.92 Å². The standard InChI is InChI=1S/C16H16/c1-4-12(2)16-11-15(10-9-13(16)3)14-7-5-6-8-14/h5,7-11H,2,4H2,1,3H3. The maximum absolute atomic E-state index is 4.12. The average molecular weight is 208 g/mol. The van der Waals surface area contributed by atoms with Crippen LogP contribution in [0.5, 0.6) is 0 Å². The third-order valence-corrected chi connectivity index (χ3v) is 2.98. The molecule has 0 saturated carbocycles. The molecule has 0 N–H and O–H groups in total. The van der Waals surface area contributed by atoms with Crippen LogP contribution in [0.3, 0.4) is 0 Å². The number of benzene rings is 1. The highest BCUT2D eigenvalue weighted by Gasteiger charge is 2.05. The van der Waals surface area contributed by atoms with Crippen molar-refractivity contribution >= 4 is 11.1 Å². The molecule has 0 atom stereocenters. The van der Waals surface area contributed by atoms with E-state index in [0.717, 1.165) is 6.42 Å². The monoisotopic (exact) mass is 208 g/mol. The largest absolute Gasteiger partial charge is 0.120 e. The first-order chi connectivity index (χ1) is 7.72. The average Bonchev–Trinajstić information content (AvgIpc) is 2.82. The lowest BCUT2D eigenvalue weighted by Gasteiger charge is -2.10. The summed E-state index contributed by atoms with van der Waals surface area (Å²) in [5.41, 5.74) is 9.34. The molecule has 0 nitrogen and oxygen atoms in total. The van der Waals surface area contributed by atoms with Crippen molar-refractivity contribution in [3.63, 3.8) is 0 Å². The van der Waals surface area contributed by atoms with E-state index in [9.17, 15) is 0 Å². The van der Waals surface area contributed by atoms with Gasteiger partial charge in [-0.15, -0.1) is 5.73 Å². The summed E-state index contributed by atoms with van der Waals surface area (Å²) in [4.78, 5) is 0. The summed E-state index contributed by atoms with van der Waals surface area (Å²) in [5, 5.41) is 0. The van der Waals surface area contributed by atoms with Gasteiger partial charge in [0.25, 0.3) is 0 Å². The van der Waals surface area contributed by atoms with Crippen LogP contribution in [0.15, 0.2) is 48.7 Å². The molecular formula is C16H16. The number of rotatable bonds is 3. The van der Waals surface area contributed by atoms with Gasteiger partial charge in [0.15, 0.2) is 0 Å². The van der Waals surface area contributed by atoms with Gasteiger partial charge in [0.1, 0.15) is 0 Å². The minimum Gasteiger partial charge on any atom is -0.120 e. The second-order valence-electron chi connectivity index (χ2n) is 4.09. The summed E-state index contributed by atoms with van der Waals surface area (Å²) in [5.74, 6) is 0. The maximum atomic E-state index is 4.12. The molecule has 0 heterocycles. The predicted octanol–water partition coefficient (Wildman–Crippen LogP) is 4.53. The number of aryl methyl sites for hydroxylation is 1. The molecule has 1 aromatic carbocycles. The molecular weight excluding hydrogens is 192 g/mol. The Morgan fingerprint density at radius 2 is 2.19 bits per heavy atom. The summed E-state index contributed by atoms with van der Waals surface area (Å²) in [6.45, 7) is 8.40. The van der Waals surface area contributed by atoms with Crippen molar-refractivity contribution in [2.75, 3.05) is 0 Å². The summed E-state index contributed by atoms with van der Waals surface area (Å²) in [6, 6.07) is 6.55. The first kappa shape index (κ1) is 10.7. The van der Waals surface area contributed by atoms with Crippen molar-refractivity contribution in [1.29, 1.82) is 0 Å². The van der Waals surface area contributed by atoms with Gasteiger partial charge in [0, 0.05) is 0 Å². The Hall–Kier alpha value is -1.78. The van der Waals surface area contributed by atoms with Crippen LogP contribution in [0.4, 0.5) is 0 Å². The third kappa shape index (κ3) is 1.93. The molecule has 1 aliphatic carbocycles. The van der Waals surface area contributed by atoms with Gasteiger partial charge in [-0.1, -0.05) is 25.6 Å². The first-order valence-corrected chi connectivity index (χ1v) is 5.64. The fraction of sp³-hybridized carbons (Fsp3) is 0.188. The number of hydrogen-bond donors (Lipinski definition) is 0. The molecule has 0 heteroatoms. The molecule has 0 saturated heterocycles. The van der Waals surface area contributed by atoms with Crippen molar-refractivity contribution in [2.24, 2.45) is 0 Å². The second-order valence-corrected chi connectivity index (χ2v) is 4.09. The Labute approximate surface area is 97.3 Å². The summed E-state index contributed by atoms with van der Waals surface area (Å²) in [7, 11) is 0. The zero-order chi connectivity index (χ0) is 11.5. The Kier molecular flexibility index (Phi) is 2.94. The van der Waals surface area contributed by atoms with Gasteiger partial charge in [-0.05, 0) is 65.5 Å². The molecule has 0 aromatic heterocycles. The molecule has 2 rings (SSSR count). The van der Waals surface area contributed by atoms with E-state index in [4.69, 9.17) is 0 Å². The van der Waals surface area contributed by atoms with Crippen LogP contribution < -0.4 is 0 Å². The fourth-order valence-electron chi connectivity index (χ4n) is 1.88. The van der Waals surface area contributed by atoms with E-state index in [2.05, 4.69) is 50.4 Å². The van der Waals surface area contributed by atoms with Crippen LogP contribution in [0.1, 0.15) is 30.0 Å². The van der Waals surface area contributed by atoms with Crippen molar-refractivity contribution in [3.05, 3.63) is 65.4 Å². The minimum atomic E-state index is 0.997. The lowest BCUT2D eigenvalue weighted by Crippen LogP contribution is -1.90.